The lowest BCUT2D eigenvalue weighted by Gasteiger charge is -2.31. The minimum absolute atomic E-state index is 0. The van der Waals surface area contributed by atoms with E-state index in [9.17, 15) is 18.0 Å². The molecule has 0 saturated carbocycles. The summed E-state index contributed by atoms with van der Waals surface area (Å²) in [5, 5.41) is 7.24. The Labute approximate surface area is 227 Å². The number of amides is 1. The van der Waals surface area contributed by atoms with Gasteiger partial charge in [0.25, 0.3) is 0 Å². The third-order valence-corrected chi connectivity index (χ3v) is 6.57. The fourth-order valence-corrected chi connectivity index (χ4v) is 4.76. The van der Waals surface area contributed by atoms with Gasteiger partial charge >= 0.3 is 6.36 Å². The van der Waals surface area contributed by atoms with Gasteiger partial charge in [0.1, 0.15) is 11.6 Å². The van der Waals surface area contributed by atoms with E-state index in [0.717, 1.165) is 42.7 Å². The lowest BCUT2D eigenvalue weighted by atomic mass is 9.89. The molecule has 1 fully saturated rings. The molecule has 1 saturated heterocycles. The van der Waals surface area contributed by atoms with Gasteiger partial charge in [-0.2, -0.15) is 0 Å². The van der Waals surface area contributed by atoms with Gasteiger partial charge in [-0.05, 0) is 56.1 Å². The maximum atomic E-state index is 13.2. The molecule has 1 aliphatic heterocycles. The van der Waals surface area contributed by atoms with Crippen LogP contribution in [0.2, 0.25) is 0 Å². The van der Waals surface area contributed by atoms with Crippen LogP contribution in [-0.4, -0.2) is 49.4 Å². The van der Waals surface area contributed by atoms with Gasteiger partial charge in [0, 0.05) is 29.5 Å². The van der Waals surface area contributed by atoms with Crippen molar-refractivity contribution in [1.29, 1.82) is 0 Å². The minimum atomic E-state index is -4.87. The third kappa shape index (κ3) is 7.45. The van der Waals surface area contributed by atoms with Gasteiger partial charge in [0.05, 0.1) is 18.0 Å². The van der Waals surface area contributed by atoms with Crippen molar-refractivity contribution < 1.29 is 22.7 Å². The van der Waals surface area contributed by atoms with Crippen LogP contribution in [0.15, 0.2) is 46.9 Å². The number of anilines is 1. The van der Waals surface area contributed by atoms with E-state index in [1.54, 1.807) is 6.07 Å². The maximum absolute atomic E-state index is 13.2. The van der Waals surface area contributed by atoms with Gasteiger partial charge in [0.15, 0.2) is 5.82 Å². The summed E-state index contributed by atoms with van der Waals surface area (Å²) in [4.78, 5) is 24.7. The van der Waals surface area contributed by atoms with Crippen LogP contribution in [0.3, 0.4) is 0 Å². The standard InChI is InChI=1S/C25H27BrF3N5O2.ClH/c1-34(2)24-18-5-3-4-6-19(18)31-23(33-24)22(15-9-11-30-12-10-15)32-21(35)13-16-7-8-17(26)14-20(16)36-25(27,28)29;/h3-8,14-15,22,30H,9-13H2,1-2H3,(H,32,35);1H. The molecule has 2 heterocycles. The van der Waals surface area contributed by atoms with Gasteiger partial charge < -0.3 is 20.3 Å². The van der Waals surface area contributed by atoms with E-state index in [4.69, 9.17) is 9.97 Å². The van der Waals surface area contributed by atoms with Crippen LogP contribution >= 0.6 is 28.3 Å². The number of hydrogen-bond acceptors (Lipinski definition) is 6. The number of carbonyl (C=O) groups excluding carboxylic acids is 1. The number of para-hydroxylation sites is 1. The van der Waals surface area contributed by atoms with Crippen LogP contribution in [-0.2, 0) is 11.2 Å². The van der Waals surface area contributed by atoms with Crippen LogP contribution in [0.5, 0.6) is 5.75 Å². The highest BCUT2D eigenvalue weighted by atomic mass is 79.9. The first-order valence-electron chi connectivity index (χ1n) is 11.6. The molecule has 0 aliphatic carbocycles. The molecule has 37 heavy (non-hydrogen) atoms. The Hall–Kier alpha value is -2.63. The molecule has 200 valence electrons. The van der Waals surface area contributed by atoms with E-state index in [-0.39, 0.29) is 30.3 Å². The summed E-state index contributed by atoms with van der Waals surface area (Å²) in [5.74, 6) is 0.443. The van der Waals surface area contributed by atoms with E-state index in [1.807, 2.05) is 43.3 Å². The van der Waals surface area contributed by atoms with Crippen molar-refractivity contribution in [3.8, 4) is 5.75 Å². The normalized spacial score (nSPS) is 15.1. The van der Waals surface area contributed by atoms with Crippen molar-refractivity contribution in [2.24, 2.45) is 5.92 Å². The molecule has 1 atom stereocenters. The summed E-state index contributed by atoms with van der Waals surface area (Å²) in [5.41, 5.74) is 0.888. The first-order valence-corrected chi connectivity index (χ1v) is 12.4. The predicted octanol–water partition coefficient (Wildman–Crippen LogP) is 5.18. The van der Waals surface area contributed by atoms with Crippen molar-refractivity contribution in [3.63, 3.8) is 0 Å². The predicted molar refractivity (Wildman–Crippen MR) is 142 cm³/mol. The molecule has 7 nitrogen and oxygen atoms in total. The number of nitrogens with one attached hydrogen (secondary N) is 2. The minimum Gasteiger partial charge on any atom is -0.405 e. The van der Waals surface area contributed by atoms with E-state index in [0.29, 0.717) is 10.3 Å². The van der Waals surface area contributed by atoms with Crippen molar-refractivity contribution in [2.45, 2.75) is 31.7 Å². The summed E-state index contributed by atoms with van der Waals surface area (Å²) in [7, 11) is 3.79. The van der Waals surface area contributed by atoms with Gasteiger partial charge in [-0.3, -0.25) is 4.79 Å². The number of nitrogens with zero attached hydrogens (tertiary/aromatic N) is 3. The fraction of sp³-hybridized carbons (Fsp3) is 0.400. The Balaban J connectivity index is 0.00000380. The van der Waals surface area contributed by atoms with E-state index < -0.39 is 24.1 Å². The number of benzene rings is 2. The Morgan fingerprint density at radius 3 is 2.57 bits per heavy atom. The van der Waals surface area contributed by atoms with Crippen LogP contribution in [0.4, 0.5) is 19.0 Å². The zero-order valence-corrected chi connectivity index (χ0v) is 22.7. The van der Waals surface area contributed by atoms with Crippen LogP contribution < -0.4 is 20.3 Å². The first kappa shape index (κ1) is 28.9. The molecule has 4 rings (SSSR count). The zero-order valence-electron chi connectivity index (χ0n) is 20.3. The second-order valence-corrected chi connectivity index (χ2v) is 9.84. The lowest BCUT2D eigenvalue weighted by Crippen LogP contribution is -2.40. The molecule has 1 unspecified atom stereocenters. The van der Waals surface area contributed by atoms with E-state index >= 15 is 0 Å². The molecule has 0 spiro atoms. The van der Waals surface area contributed by atoms with Crippen molar-refractivity contribution in [3.05, 3.63) is 58.3 Å². The van der Waals surface area contributed by atoms with Gasteiger partial charge in [0.2, 0.25) is 5.91 Å². The monoisotopic (exact) mass is 601 g/mol. The fourth-order valence-electron chi connectivity index (χ4n) is 4.42. The van der Waals surface area contributed by atoms with Gasteiger partial charge in [-0.25, -0.2) is 9.97 Å². The van der Waals surface area contributed by atoms with E-state index in [1.165, 1.54) is 12.1 Å². The summed E-state index contributed by atoms with van der Waals surface area (Å²) in [6, 6.07) is 11.4. The number of carbonyl (C=O) groups is 1. The maximum Gasteiger partial charge on any atom is 0.573 e. The number of fused-ring (bicyclic) bond motifs is 1. The smallest absolute Gasteiger partial charge is 0.405 e. The number of halogens is 5. The number of rotatable bonds is 7. The highest BCUT2D eigenvalue weighted by Gasteiger charge is 2.33. The molecule has 2 N–H and O–H groups in total. The molecule has 3 aromatic rings. The second-order valence-electron chi connectivity index (χ2n) is 8.93. The molecule has 0 bridgehead atoms. The van der Waals surface area contributed by atoms with Crippen LogP contribution in [0.1, 0.15) is 30.3 Å². The molecule has 12 heteroatoms. The number of alkyl halides is 3. The molecule has 2 aromatic carbocycles. The average Bonchev–Trinajstić information content (AvgIpc) is 2.83. The summed E-state index contributed by atoms with van der Waals surface area (Å²) >= 11 is 3.16. The number of aromatic nitrogens is 2. The number of ether oxygens (including phenoxy) is 1. The largest absolute Gasteiger partial charge is 0.573 e. The highest BCUT2D eigenvalue weighted by Crippen LogP contribution is 2.32. The number of piperidine rings is 1. The Bertz CT molecular complexity index is 1240. The molecular weight excluding hydrogens is 575 g/mol. The molecule has 1 amide bonds. The Morgan fingerprint density at radius 2 is 1.89 bits per heavy atom. The number of hydrogen-bond donors (Lipinski definition) is 2. The third-order valence-electron chi connectivity index (χ3n) is 6.08. The lowest BCUT2D eigenvalue weighted by molar-refractivity contribution is -0.274. The van der Waals surface area contributed by atoms with Crippen molar-refractivity contribution >= 4 is 51.0 Å². The summed E-state index contributed by atoms with van der Waals surface area (Å²) < 4.78 is 43.4. The summed E-state index contributed by atoms with van der Waals surface area (Å²) in [6.07, 6.45) is -3.54. The topological polar surface area (TPSA) is 79.4 Å². The molecular formula is C25H28BrClF3N5O2. The highest BCUT2D eigenvalue weighted by molar-refractivity contribution is 9.10. The van der Waals surface area contributed by atoms with Crippen molar-refractivity contribution in [1.82, 2.24) is 20.6 Å². The average molecular weight is 603 g/mol. The molecule has 1 aliphatic rings. The first-order chi connectivity index (χ1) is 17.1. The second kappa shape index (κ2) is 12.3. The van der Waals surface area contributed by atoms with Gasteiger partial charge in [-0.1, -0.05) is 34.1 Å². The Morgan fingerprint density at radius 1 is 1.19 bits per heavy atom. The zero-order chi connectivity index (χ0) is 25.9. The van der Waals surface area contributed by atoms with Crippen LogP contribution in [0.25, 0.3) is 10.9 Å². The van der Waals surface area contributed by atoms with E-state index in [2.05, 4.69) is 31.3 Å². The van der Waals surface area contributed by atoms with Gasteiger partial charge in [-0.15, -0.1) is 25.6 Å². The molecule has 0 radical (unpaired) electrons. The molecule has 1 aromatic heterocycles. The van der Waals surface area contributed by atoms with Crippen molar-refractivity contribution in [2.75, 3.05) is 32.1 Å². The Kier molecular flexibility index (Phi) is 9.60. The SMILES string of the molecule is CN(C)c1nc(C(NC(=O)Cc2ccc(Br)cc2OC(F)(F)F)C2CCNCC2)nc2ccccc12.Cl. The summed E-state index contributed by atoms with van der Waals surface area (Å²) in [6.45, 7) is 1.59. The quantitative estimate of drug-likeness (QED) is 0.388. The van der Waals surface area contributed by atoms with Crippen LogP contribution in [0, 0.1) is 5.92 Å².